The molecule has 15 heavy (non-hydrogen) atoms. The number of nitrogens with one attached hydrogen (secondary N) is 1. The van der Waals surface area contributed by atoms with E-state index in [4.69, 9.17) is 4.74 Å². The molecule has 5 heteroatoms. The molecule has 1 aliphatic heterocycles. The summed E-state index contributed by atoms with van der Waals surface area (Å²) < 4.78 is 5.23. The summed E-state index contributed by atoms with van der Waals surface area (Å²) in [6.45, 7) is 1.19. The molecule has 2 rings (SSSR count). The molecule has 0 bridgehead atoms. The molecule has 1 amide bonds. The highest BCUT2D eigenvalue weighted by molar-refractivity contribution is 9.09. The molecular formula is C10H11BrN2O2. The smallest absolute Gasteiger partial charge is 0.253 e. The summed E-state index contributed by atoms with van der Waals surface area (Å²) >= 11 is 3.45. The molecule has 1 aromatic rings. The van der Waals surface area contributed by atoms with Crippen LogP contribution in [0.4, 0.5) is 0 Å². The standard InChI is InChI=1S/C10H11BrN2O2/c11-8-5-15-6-9(8)13-10(14)7-2-1-3-12-4-7/h1-4,8-9H,5-6H2,(H,13,14). The lowest BCUT2D eigenvalue weighted by atomic mass is 10.2. The van der Waals surface area contributed by atoms with Gasteiger partial charge in [-0.3, -0.25) is 9.78 Å². The van der Waals surface area contributed by atoms with Crippen LogP contribution in [0.15, 0.2) is 24.5 Å². The highest BCUT2D eigenvalue weighted by Crippen LogP contribution is 2.14. The zero-order chi connectivity index (χ0) is 10.7. The van der Waals surface area contributed by atoms with Gasteiger partial charge in [0.2, 0.25) is 0 Å². The Bertz CT molecular complexity index is 345. The summed E-state index contributed by atoms with van der Waals surface area (Å²) in [6.07, 6.45) is 3.19. The zero-order valence-corrected chi connectivity index (χ0v) is 9.61. The Morgan fingerprint density at radius 2 is 2.47 bits per heavy atom. The fourth-order valence-electron chi connectivity index (χ4n) is 1.41. The van der Waals surface area contributed by atoms with Gasteiger partial charge >= 0.3 is 0 Å². The van der Waals surface area contributed by atoms with Crippen LogP contribution in [0, 0.1) is 0 Å². The summed E-state index contributed by atoms with van der Waals surface area (Å²) in [4.78, 5) is 15.8. The van der Waals surface area contributed by atoms with Crippen LogP contribution in [0.3, 0.4) is 0 Å². The highest BCUT2D eigenvalue weighted by atomic mass is 79.9. The van der Waals surface area contributed by atoms with Gasteiger partial charge in [-0.2, -0.15) is 0 Å². The molecule has 2 unspecified atom stereocenters. The van der Waals surface area contributed by atoms with E-state index < -0.39 is 0 Å². The molecule has 2 atom stereocenters. The highest BCUT2D eigenvalue weighted by Gasteiger charge is 2.27. The van der Waals surface area contributed by atoms with E-state index in [1.807, 2.05) is 0 Å². The van der Waals surface area contributed by atoms with E-state index in [1.165, 1.54) is 0 Å². The fraction of sp³-hybridized carbons (Fsp3) is 0.400. The molecule has 1 fully saturated rings. The van der Waals surface area contributed by atoms with E-state index in [-0.39, 0.29) is 16.8 Å². The van der Waals surface area contributed by atoms with Gasteiger partial charge in [0, 0.05) is 12.4 Å². The van der Waals surface area contributed by atoms with Crippen molar-refractivity contribution in [3.05, 3.63) is 30.1 Å². The molecule has 2 heterocycles. The van der Waals surface area contributed by atoms with E-state index in [0.717, 1.165) is 0 Å². The Balaban J connectivity index is 1.98. The van der Waals surface area contributed by atoms with Gasteiger partial charge in [-0.25, -0.2) is 0 Å². The third-order valence-corrected chi connectivity index (χ3v) is 3.15. The van der Waals surface area contributed by atoms with Crippen molar-refractivity contribution in [1.82, 2.24) is 10.3 Å². The molecule has 1 N–H and O–H groups in total. The van der Waals surface area contributed by atoms with Gasteiger partial charge in [0.15, 0.2) is 0 Å². The lowest BCUT2D eigenvalue weighted by Crippen LogP contribution is -2.40. The molecule has 0 radical (unpaired) electrons. The molecule has 0 saturated carbocycles. The largest absolute Gasteiger partial charge is 0.378 e. The fourth-order valence-corrected chi connectivity index (χ4v) is 1.88. The lowest BCUT2D eigenvalue weighted by Gasteiger charge is -2.13. The predicted molar refractivity (Wildman–Crippen MR) is 59.0 cm³/mol. The van der Waals surface area contributed by atoms with Crippen molar-refractivity contribution < 1.29 is 9.53 Å². The van der Waals surface area contributed by atoms with Gasteiger partial charge in [0.25, 0.3) is 5.91 Å². The van der Waals surface area contributed by atoms with Crippen molar-refractivity contribution in [2.75, 3.05) is 13.2 Å². The maximum atomic E-state index is 11.7. The van der Waals surface area contributed by atoms with Crippen LogP contribution in [-0.4, -0.2) is 35.0 Å². The SMILES string of the molecule is O=C(NC1COCC1Br)c1cccnc1. The maximum absolute atomic E-state index is 11.7. The minimum atomic E-state index is -0.108. The van der Waals surface area contributed by atoms with Crippen LogP contribution in [0.2, 0.25) is 0 Å². The third kappa shape index (κ3) is 2.54. The third-order valence-electron chi connectivity index (χ3n) is 2.25. The quantitative estimate of drug-likeness (QED) is 0.815. The second-order valence-corrected chi connectivity index (χ2v) is 4.55. The van der Waals surface area contributed by atoms with Crippen LogP contribution >= 0.6 is 15.9 Å². The molecule has 80 valence electrons. The van der Waals surface area contributed by atoms with Crippen molar-refractivity contribution in [2.45, 2.75) is 10.9 Å². The van der Waals surface area contributed by atoms with Crippen molar-refractivity contribution in [3.8, 4) is 0 Å². The monoisotopic (exact) mass is 270 g/mol. The van der Waals surface area contributed by atoms with Crippen molar-refractivity contribution >= 4 is 21.8 Å². The van der Waals surface area contributed by atoms with Crippen molar-refractivity contribution in [3.63, 3.8) is 0 Å². The van der Waals surface area contributed by atoms with E-state index in [9.17, 15) is 4.79 Å². The first-order valence-corrected chi connectivity index (χ1v) is 5.61. The Morgan fingerprint density at radius 3 is 3.07 bits per heavy atom. The Labute approximate surface area is 96.2 Å². The van der Waals surface area contributed by atoms with Gasteiger partial charge in [-0.1, -0.05) is 15.9 Å². The molecule has 0 spiro atoms. The number of ether oxygens (including phenoxy) is 1. The topological polar surface area (TPSA) is 51.2 Å². The van der Waals surface area contributed by atoms with Crippen LogP contribution in [0.5, 0.6) is 0 Å². The molecular weight excluding hydrogens is 260 g/mol. The Hall–Kier alpha value is -0.940. The molecule has 1 aliphatic rings. The van der Waals surface area contributed by atoms with Crippen LogP contribution in [0.25, 0.3) is 0 Å². The van der Waals surface area contributed by atoms with Gasteiger partial charge in [0.05, 0.1) is 29.6 Å². The lowest BCUT2D eigenvalue weighted by molar-refractivity contribution is 0.0930. The van der Waals surface area contributed by atoms with Gasteiger partial charge < -0.3 is 10.1 Å². The summed E-state index contributed by atoms with van der Waals surface area (Å²) in [7, 11) is 0. The van der Waals surface area contributed by atoms with Crippen LogP contribution in [-0.2, 0) is 4.74 Å². The number of pyridine rings is 1. The van der Waals surface area contributed by atoms with Crippen LogP contribution < -0.4 is 5.32 Å². The number of nitrogens with zero attached hydrogens (tertiary/aromatic N) is 1. The molecule has 1 saturated heterocycles. The van der Waals surface area contributed by atoms with E-state index in [1.54, 1.807) is 24.5 Å². The number of alkyl halides is 1. The Morgan fingerprint density at radius 1 is 1.60 bits per heavy atom. The second-order valence-electron chi connectivity index (χ2n) is 3.38. The maximum Gasteiger partial charge on any atom is 0.253 e. The molecule has 1 aromatic heterocycles. The second kappa shape index (κ2) is 4.72. The number of carbonyl (C=O) groups is 1. The first kappa shape index (κ1) is 10.6. The summed E-state index contributed by atoms with van der Waals surface area (Å²) in [5.41, 5.74) is 0.573. The minimum absolute atomic E-state index is 0.0395. The number of hydrogen-bond acceptors (Lipinski definition) is 3. The number of amides is 1. The number of rotatable bonds is 2. The summed E-state index contributed by atoms with van der Waals surface area (Å²) in [5, 5.41) is 2.89. The normalized spacial score (nSPS) is 25.1. The van der Waals surface area contributed by atoms with E-state index in [0.29, 0.717) is 18.8 Å². The Kier molecular flexibility index (Phi) is 3.33. The number of halogens is 1. The minimum Gasteiger partial charge on any atom is -0.378 e. The first-order chi connectivity index (χ1) is 7.27. The summed E-state index contributed by atoms with van der Waals surface area (Å²) in [5.74, 6) is -0.108. The first-order valence-electron chi connectivity index (χ1n) is 4.70. The average molecular weight is 271 g/mol. The van der Waals surface area contributed by atoms with E-state index in [2.05, 4.69) is 26.2 Å². The molecule has 0 aliphatic carbocycles. The number of hydrogen-bond donors (Lipinski definition) is 1. The van der Waals surface area contributed by atoms with Gasteiger partial charge in [-0.15, -0.1) is 0 Å². The van der Waals surface area contributed by atoms with Gasteiger partial charge in [0.1, 0.15) is 0 Å². The number of carbonyl (C=O) groups excluding carboxylic acids is 1. The van der Waals surface area contributed by atoms with Crippen LogP contribution in [0.1, 0.15) is 10.4 Å². The average Bonchev–Trinajstić information content (AvgIpc) is 2.66. The molecule has 0 aromatic carbocycles. The zero-order valence-electron chi connectivity index (χ0n) is 8.02. The van der Waals surface area contributed by atoms with E-state index >= 15 is 0 Å². The van der Waals surface area contributed by atoms with Gasteiger partial charge in [-0.05, 0) is 12.1 Å². The van der Waals surface area contributed by atoms with Crippen molar-refractivity contribution in [1.29, 1.82) is 0 Å². The summed E-state index contributed by atoms with van der Waals surface area (Å²) in [6, 6.07) is 3.52. The number of aromatic nitrogens is 1. The van der Waals surface area contributed by atoms with Crippen molar-refractivity contribution in [2.24, 2.45) is 0 Å². The molecule has 4 nitrogen and oxygen atoms in total. The predicted octanol–water partition coefficient (Wildman–Crippen LogP) is 0.974.